The highest BCUT2D eigenvalue weighted by atomic mass is 35.5. The van der Waals surface area contributed by atoms with Crippen LogP contribution >= 0.6 is 12.4 Å². The molecule has 0 aromatic heterocycles. The Bertz CT molecular complexity index is 1020. The minimum atomic E-state index is -0.167. The zero-order valence-corrected chi connectivity index (χ0v) is 21.5. The summed E-state index contributed by atoms with van der Waals surface area (Å²) in [6, 6.07) is 8.02. The van der Waals surface area contributed by atoms with Crippen LogP contribution in [0.15, 0.2) is 24.3 Å². The molecule has 186 valence electrons. The molecule has 0 spiro atoms. The molecule has 34 heavy (non-hydrogen) atoms. The number of carbonyl (C=O) groups excluding carboxylic acids is 1. The van der Waals surface area contributed by atoms with Gasteiger partial charge in [-0.25, -0.2) is 0 Å². The maximum Gasteiger partial charge on any atom is 0.204 e. The average Bonchev–Trinajstić information content (AvgIpc) is 3.15. The number of benzene rings is 2. The van der Waals surface area contributed by atoms with E-state index in [1.54, 1.807) is 21.3 Å². The normalized spacial score (nSPS) is 18.3. The monoisotopic (exact) mass is 490 g/mol. The van der Waals surface area contributed by atoms with Gasteiger partial charge in [0.25, 0.3) is 0 Å². The highest BCUT2D eigenvalue weighted by molar-refractivity contribution is 6.07. The number of methoxy groups -OCH3 is 3. The van der Waals surface area contributed by atoms with E-state index < -0.39 is 0 Å². The molecule has 2 aromatic rings. The van der Waals surface area contributed by atoms with Crippen molar-refractivity contribution in [1.82, 2.24) is 9.80 Å². The summed E-state index contributed by atoms with van der Waals surface area (Å²) >= 11 is 0. The lowest BCUT2D eigenvalue weighted by Gasteiger charge is -2.37. The standard InChI is InChI=1S/C26H34N2O5.ClH/c1-17-6-7-21(18(2)14-17)33-13-12-27-8-10-28(11-9-27)20-15-19-16-22(30-3)25(31-4)26(32-5)23(19)24(20)29;/h6-7,14,16,20H,8-13,15H2,1-5H3;1H. The van der Waals surface area contributed by atoms with Gasteiger partial charge in [0.15, 0.2) is 17.3 Å². The molecule has 0 N–H and O–H groups in total. The van der Waals surface area contributed by atoms with Crippen LogP contribution in [-0.4, -0.2) is 82.3 Å². The number of ether oxygens (including phenoxy) is 4. The number of hydrogen-bond acceptors (Lipinski definition) is 7. The molecule has 0 amide bonds. The fraction of sp³-hybridized carbons (Fsp3) is 0.500. The van der Waals surface area contributed by atoms with E-state index in [0.29, 0.717) is 35.8 Å². The van der Waals surface area contributed by atoms with Crippen molar-refractivity contribution in [1.29, 1.82) is 0 Å². The Kier molecular flexibility index (Phi) is 8.68. The van der Waals surface area contributed by atoms with E-state index in [4.69, 9.17) is 18.9 Å². The maximum atomic E-state index is 13.4. The van der Waals surface area contributed by atoms with E-state index in [0.717, 1.165) is 44.0 Å². The molecule has 1 unspecified atom stereocenters. The number of halogens is 1. The number of carbonyl (C=O) groups is 1. The predicted octanol–water partition coefficient (Wildman–Crippen LogP) is 3.56. The second-order valence-corrected chi connectivity index (χ2v) is 8.76. The Morgan fingerprint density at radius 2 is 1.62 bits per heavy atom. The van der Waals surface area contributed by atoms with E-state index in [9.17, 15) is 4.79 Å². The highest BCUT2D eigenvalue weighted by Gasteiger charge is 2.40. The number of nitrogens with zero attached hydrogens (tertiary/aromatic N) is 2. The summed E-state index contributed by atoms with van der Waals surface area (Å²) in [7, 11) is 4.73. The Morgan fingerprint density at radius 1 is 0.912 bits per heavy atom. The van der Waals surface area contributed by atoms with Crippen molar-refractivity contribution in [3.05, 3.63) is 46.5 Å². The second-order valence-electron chi connectivity index (χ2n) is 8.76. The number of fused-ring (bicyclic) bond motifs is 1. The first-order valence-corrected chi connectivity index (χ1v) is 11.5. The summed E-state index contributed by atoms with van der Waals surface area (Å²) in [5.74, 6) is 2.60. The van der Waals surface area contributed by atoms with Crippen LogP contribution in [0.3, 0.4) is 0 Å². The van der Waals surface area contributed by atoms with Gasteiger partial charge < -0.3 is 18.9 Å². The molecule has 1 saturated heterocycles. The first-order valence-electron chi connectivity index (χ1n) is 11.5. The largest absolute Gasteiger partial charge is 0.493 e. The molecule has 1 heterocycles. The number of ketones is 1. The molecule has 0 radical (unpaired) electrons. The lowest BCUT2D eigenvalue weighted by Crippen LogP contribution is -2.52. The number of hydrogen-bond donors (Lipinski definition) is 0. The molecule has 0 bridgehead atoms. The number of rotatable bonds is 8. The van der Waals surface area contributed by atoms with Gasteiger partial charge in [0.05, 0.1) is 32.9 Å². The molecule has 1 fully saturated rings. The molecule has 8 heteroatoms. The van der Waals surface area contributed by atoms with Gasteiger partial charge in [0, 0.05) is 32.7 Å². The summed E-state index contributed by atoms with van der Waals surface area (Å²) < 4.78 is 22.5. The third-order valence-electron chi connectivity index (χ3n) is 6.72. The van der Waals surface area contributed by atoms with Crippen LogP contribution in [0.25, 0.3) is 0 Å². The fourth-order valence-electron chi connectivity index (χ4n) is 4.95. The minimum absolute atomic E-state index is 0. The van der Waals surface area contributed by atoms with E-state index in [1.165, 1.54) is 11.1 Å². The molecule has 1 aliphatic carbocycles. The SMILES string of the molecule is COc1cc2c(c(OC)c1OC)C(=O)C(N1CCN(CCOc3ccc(C)cc3C)CC1)C2.Cl. The molecule has 7 nitrogen and oxygen atoms in total. The molecular weight excluding hydrogens is 456 g/mol. The summed E-state index contributed by atoms with van der Waals surface area (Å²) in [5, 5.41) is 0. The van der Waals surface area contributed by atoms with Gasteiger partial charge >= 0.3 is 0 Å². The lowest BCUT2D eigenvalue weighted by atomic mass is 10.1. The lowest BCUT2D eigenvalue weighted by molar-refractivity contribution is 0.0665. The topological polar surface area (TPSA) is 60.5 Å². The van der Waals surface area contributed by atoms with Gasteiger partial charge in [-0.15, -0.1) is 12.4 Å². The van der Waals surface area contributed by atoms with Crippen LogP contribution in [0.5, 0.6) is 23.0 Å². The van der Waals surface area contributed by atoms with Crippen molar-refractivity contribution >= 4 is 18.2 Å². The van der Waals surface area contributed by atoms with Crippen LogP contribution in [0.2, 0.25) is 0 Å². The third-order valence-corrected chi connectivity index (χ3v) is 6.72. The van der Waals surface area contributed by atoms with Crippen LogP contribution < -0.4 is 18.9 Å². The van der Waals surface area contributed by atoms with Crippen LogP contribution in [-0.2, 0) is 6.42 Å². The Morgan fingerprint density at radius 3 is 2.24 bits per heavy atom. The van der Waals surface area contributed by atoms with Gasteiger partial charge in [-0.3, -0.25) is 14.6 Å². The number of Topliss-reactive ketones (excluding diaryl/α,β-unsaturated/α-hetero) is 1. The summed E-state index contributed by atoms with van der Waals surface area (Å²) in [6.07, 6.45) is 0.667. The van der Waals surface area contributed by atoms with Crippen molar-refractivity contribution in [3.8, 4) is 23.0 Å². The maximum absolute atomic E-state index is 13.4. The molecule has 1 atom stereocenters. The van der Waals surface area contributed by atoms with Crippen molar-refractivity contribution in [2.75, 3.05) is 60.7 Å². The average molecular weight is 491 g/mol. The van der Waals surface area contributed by atoms with Crippen molar-refractivity contribution in [2.45, 2.75) is 26.3 Å². The van der Waals surface area contributed by atoms with Crippen molar-refractivity contribution < 1.29 is 23.7 Å². The Hall–Kier alpha value is -2.48. The molecular formula is C26H35ClN2O5. The van der Waals surface area contributed by atoms with E-state index in [2.05, 4.69) is 35.8 Å². The molecule has 2 aliphatic rings. The smallest absolute Gasteiger partial charge is 0.204 e. The van der Waals surface area contributed by atoms with Crippen molar-refractivity contribution in [2.24, 2.45) is 0 Å². The summed E-state index contributed by atoms with van der Waals surface area (Å²) in [5.41, 5.74) is 4.00. The Balaban J connectivity index is 0.00000324. The zero-order valence-electron chi connectivity index (χ0n) is 20.7. The zero-order chi connectivity index (χ0) is 23.5. The molecule has 2 aromatic carbocycles. The fourth-order valence-corrected chi connectivity index (χ4v) is 4.95. The van der Waals surface area contributed by atoms with Gasteiger partial charge in [-0.2, -0.15) is 0 Å². The third kappa shape index (κ3) is 5.11. The molecule has 1 aliphatic heterocycles. The van der Waals surface area contributed by atoms with Gasteiger partial charge in [0.1, 0.15) is 12.4 Å². The van der Waals surface area contributed by atoms with Crippen molar-refractivity contribution in [3.63, 3.8) is 0 Å². The predicted molar refractivity (Wildman–Crippen MR) is 135 cm³/mol. The Labute approximate surface area is 208 Å². The minimum Gasteiger partial charge on any atom is -0.493 e. The first-order chi connectivity index (χ1) is 16.0. The van der Waals surface area contributed by atoms with Crippen LogP contribution in [0, 0.1) is 13.8 Å². The van der Waals surface area contributed by atoms with E-state index >= 15 is 0 Å². The molecule has 4 rings (SSSR count). The quantitative estimate of drug-likeness (QED) is 0.560. The van der Waals surface area contributed by atoms with Gasteiger partial charge in [-0.1, -0.05) is 17.7 Å². The number of aryl methyl sites for hydroxylation is 2. The highest BCUT2D eigenvalue weighted by Crippen LogP contribution is 2.45. The van der Waals surface area contributed by atoms with Crippen LogP contribution in [0.1, 0.15) is 27.0 Å². The van der Waals surface area contributed by atoms with Gasteiger partial charge in [-0.05, 0) is 43.5 Å². The summed E-state index contributed by atoms with van der Waals surface area (Å²) in [6.45, 7) is 9.25. The number of piperazine rings is 1. The first kappa shape index (κ1) is 26.1. The second kappa shape index (κ2) is 11.3. The van der Waals surface area contributed by atoms with Crippen LogP contribution in [0.4, 0.5) is 0 Å². The van der Waals surface area contributed by atoms with Gasteiger partial charge in [0.2, 0.25) is 5.75 Å². The molecule has 0 saturated carbocycles. The van der Waals surface area contributed by atoms with E-state index in [-0.39, 0.29) is 24.2 Å². The van der Waals surface area contributed by atoms with E-state index in [1.807, 2.05) is 12.1 Å². The summed E-state index contributed by atoms with van der Waals surface area (Å²) in [4.78, 5) is 18.1.